The molecule has 4 heterocycles. The number of halogens is 2. The topological polar surface area (TPSA) is 133 Å². The number of urea groups is 1. The number of rotatable bonds is 8. The summed E-state index contributed by atoms with van der Waals surface area (Å²) in [6, 6.07) is 2.74. The summed E-state index contributed by atoms with van der Waals surface area (Å²) in [5.74, 6) is -1.15. The lowest BCUT2D eigenvalue weighted by Crippen LogP contribution is -2.53. The van der Waals surface area contributed by atoms with E-state index in [-0.39, 0.29) is 29.2 Å². The van der Waals surface area contributed by atoms with Gasteiger partial charge >= 0.3 is 18.0 Å². The van der Waals surface area contributed by atoms with Gasteiger partial charge in [0.15, 0.2) is 11.7 Å². The summed E-state index contributed by atoms with van der Waals surface area (Å²) in [6.07, 6.45) is 3.40. The van der Waals surface area contributed by atoms with Gasteiger partial charge in [0, 0.05) is 75.0 Å². The van der Waals surface area contributed by atoms with Crippen molar-refractivity contribution < 1.29 is 28.6 Å². The number of amidine groups is 1. The standard InChI is InChI=1S/C28H33ClFN7O5/c1-28(2,26(39)40)15-36-13-17-12-35(9-10-37(17)27(36)41)14-20-21(25(38)42-4)22(18-6-5-16(30)11-19(18)29)33-23(32-20)24-31-7-8-34(24)3/h5-8,11,17,22H,9-10,12-15H2,1-4H3,(H,32,33)(H,39,40)/t17-,22-/m0/s1. The molecule has 1 aromatic heterocycles. The van der Waals surface area contributed by atoms with E-state index in [1.807, 2.05) is 7.05 Å². The molecule has 0 spiro atoms. The van der Waals surface area contributed by atoms with Crippen LogP contribution in [0.4, 0.5) is 9.18 Å². The van der Waals surface area contributed by atoms with Crippen molar-refractivity contribution in [1.29, 1.82) is 0 Å². The Morgan fingerprint density at radius 1 is 1.26 bits per heavy atom. The van der Waals surface area contributed by atoms with E-state index in [1.165, 1.54) is 25.3 Å². The number of methoxy groups -OCH3 is 1. The number of imidazole rings is 1. The fraction of sp³-hybridized carbons (Fsp3) is 0.464. The van der Waals surface area contributed by atoms with Crippen LogP contribution in [0.5, 0.6) is 0 Å². The Bertz CT molecular complexity index is 1490. The predicted molar refractivity (Wildman–Crippen MR) is 151 cm³/mol. The zero-order valence-corrected chi connectivity index (χ0v) is 24.6. The molecule has 0 saturated carbocycles. The van der Waals surface area contributed by atoms with E-state index in [2.05, 4.69) is 15.2 Å². The second-order valence-electron chi connectivity index (χ2n) is 11.4. The third-order valence-corrected chi connectivity index (χ3v) is 8.21. The number of carbonyl (C=O) groups excluding carboxylic acids is 2. The number of hydrogen-bond donors (Lipinski definition) is 2. The molecular formula is C28H33ClFN7O5. The van der Waals surface area contributed by atoms with Crippen LogP contribution in [0.1, 0.15) is 31.3 Å². The molecule has 3 aliphatic heterocycles. The van der Waals surface area contributed by atoms with Gasteiger partial charge in [-0.05, 0) is 26.0 Å². The maximum atomic E-state index is 14.0. The van der Waals surface area contributed by atoms with Gasteiger partial charge in [-0.25, -0.2) is 19.0 Å². The third-order valence-electron chi connectivity index (χ3n) is 7.88. The largest absolute Gasteiger partial charge is 0.481 e. The first-order chi connectivity index (χ1) is 19.9. The molecule has 2 atom stereocenters. The van der Waals surface area contributed by atoms with E-state index in [4.69, 9.17) is 21.3 Å². The number of amides is 2. The summed E-state index contributed by atoms with van der Waals surface area (Å²) in [5.41, 5.74) is 0.126. The molecule has 2 aromatic rings. The number of piperazine rings is 1. The van der Waals surface area contributed by atoms with E-state index in [9.17, 15) is 23.9 Å². The van der Waals surface area contributed by atoms with Crippen LogP contribution in [-0.2, 0) is 21.4 Å². The monoisotopic (exact) mass is 601 g/mol. The SMILES string of the molecule is COC(=O)C1=C(CN2CCN3C(=O)N(CC(C)(C)C(=O)O)C[C@@H]3C2)NC(c2nccn2C)=N[C@H]1c1ccc(F)cc1Cl. The number of benzene rings is 1. The molecule has 0 bridgehead atoms. The van der Waals surface area contributed by atoms with Crippen LogP contribution in [0.25, 0.3) is 0 Å². The number of aromatic nitrogens is 2. The maximum Gasteiger partial charge on any atom is 0.338 e. The minimum atomic E-state index is -1.08. The Balaban J connectivity index is 1.45. The molecule has 0 radical (unpaired) electrons. The first kappa shape index (κ1) is 29.5. The van der Waals surface area contributed by atoms with Crippen LogP contribution in [0.15, 0.2) is 46.9 Å². The molecule has 0 aliphatic carbocycles. The molecule has 12 nitrogen and oxygen atoms in total. The van der Waals surface area contributed by atoms with Gasteiger partial charge in [0.2, 0.25) is 0 Å². The number of ether oxygens (including phenoxy) is 1. The second-order valence-corrected chi connectivity index (χ2v) is 11.8. The third kappa shape index (κ3) is 5.58. The van der Waals surface area contributed by atoms with Crippen molar-refractivity contribution in [2.75, 3.05) is 46.4 Å². The number of carboxylic acids is 1. The number of carbonyl (C=O) groups is 3. The quantitative estimate of drug-likeness (QED) is 0.441. The van der Waals surface area contributed by atoms with Crippen LogP contribution >= 0.6 is 11.6 Å². The number of aryl methyl sites for hydroxylation is 1. The molecule has 2 saturated heterocycles. The minimum absolute atomic E-state index is 0.108. The lowest BCUT2D eigenvalue weighted by atomic mass is 9.93. The van der Waals surface area contributed by atoms with Crippen LogP contribution in [0.2, 0.25) is 5.02 Å². The van der Waals surface area contributed by atoms with Crippen molar-refractivity contribution >= 4 is 35.4 Å². The van der Waals surface area contributed by atoms with Gasteiger partial charge < -0.3 is 29.5 Å². The van der Waals surface area contributed by atoms with Crippen molar-refractivity contribution in [1.82, 2.24) is 29.6 Å². The molecule has 2 N–H and O–H groups in total. The Kier molecular flexibility index (Phi) is 7.99. The van der Waals surface area contributed by atoms with Gasteiger partial charge in [0.25, 0.3) is 0 Å². The summed E-state index contributed by atoms with van der Waals surface area (Å²) >= 11 is 6.46. The maximum absolute atomic E-state index is 14.0. The number of aliphatic carboxylic acids is 1. The van der Waals surface area contributed by atoms with Gasteiger partial charge in [-0.15, -0.1) is 0 Å². The Hall–Kier alpha value is -3.97. The molecule has 14 heteroatoms. The van der Waals surface area contributed by atoms with E-state index in [0.29, 0.717) is 55.6 Å². The number of nitrogens with one attached hydrogen (secondary N) is 1. The molecule has 0 unspecified atom stereocenters. The van der Waals surface area contributed by atoms with E-state index >= 15 is 0 Å². The fourth-order valence-corrected chi connectivity index (χ4v) is 5.88. The molecular weight excluding hydrogens is 569 g/mol. The van der Waals surface area contributed by atoms with Crippen LogP contribution in [0.3, 0.4) is 0 Å². The average molecular weight is 602 g/mol. The summed E-state index contributed by atoms with van der Waals surface area (Å²) < 4.78 is 20.9. The highest BCUT2D eigenvalue weighted by molar-refractivity contribution is 6.31. The van der Waals surface area contributed by atoms with Gasteiger partial charge in [-0.2, -0.15) is 0 Å². The Morgan fingerprint density at radius 3 is 2.67 bits per heavy atom. The lowest BCUT2D eigenvalue weighted by molar-refractivity contribution is -0.147. The number of nitrogens with zero attached hydrogens (tertiary/aromatic N) is 6. The minimum Gasteiger partial charge on any atom is -0.481 e. The highest BCUT2D eigenvalue weighted by Gasteiger charge is 2.44. The van der Waals surface area contributed by atoms with Crippen LogP contribution in [-0.4, -0.2) is 106 Å². The molecule has 1 aromatic carbocycles. The van der Waals surface area contributed by atoms with Crippen LogP contribution in [0, 0.1) is 11.2 Å². The normalized spacial score (nSPS) is 21.3. The number of carboxylic acid groups (broad SMARTS) is 1. The smallest absolute Gasteiger partial charge is 0.338 e. The number of fused-ring (bicyclic) bond motifs is 1. The highest BCUT2D eigenvalue weighted by atomic mass is 35.5. The van der Waals surface area contributed by atoms with Gasteiger partial charge in [0.1, 0.15) is 11.9 Å². The van der Waals surface area contributed by atoms with Crippen molar-refractivity contribution in [3.63, 3.8) is 0 Å². The molecule has 2 amide bonds. The van der Waals surface area contributed by atoms with Crippen molar-refractivity contribution in [2.45, 2.75) is 25.9 Å². The number of hydrogen-bond acceptors (Lipinski definition) is 8. The lowest BCUT2D eigenvalue weighted by Gasteiger charge is -2.38. The Morgan fingerprint density at radius 2 is 2.02 bits per heavy atom. The zero-order chi connectivity index (χ0) is 30.3. The first-order valence-electron chi connectivity index (χ1n) is 13.5. The fourth-order valence-electron chi connectivity index (χ4n) is 5.61. The number of esters is 1. The summed E-state index contributed by atoms with van der Waals surface area (Å²) in [7, 11) is 3.10. The summed E-state index contributed by atoms with van der Waals surface area (Å²) in [5, 5.41) is 13.0. The van der Waals surface area contributed by atoms with E-state index in [0.717, 1.165) is 0 Å². The van der Waals surface area contributed by atoms with E-state index in [1.54, 1.807) is 40.6 Å². The zero-order valence-electron chi connectivity index (χ0n) is 23.8. The molecule has 5 rings (SSSR count). The van der Waals surface area contributed by atoms with Crippen molar-refractivity contribution in [2.24, 2.45) is 17.5 Å². The second kappa shape index (κ2) is 11.4. The van der Waals surface area contributed by atoms with Gasteiger partial charge in [-0.1, -0.05) is 17.7 Å². The van der Waals surface area contributed by atoms with Crippen LogP contribution < -0.4 is 5.32 Å². The molecule has 2 fully saturated rings. The highest BCUT2D eigenvalue weighted by Crippen LogP contribution is 2.37. The van der Waals surface area contributed by atoms with Gasteiger partial charge in [0.05, 0.1) is 24.1 Å². The number of aliphatic imine (C=N–C) groups is 1. The van der Waals surface area contributed by atoms with E-state index < -0.39 is 29.2 Å². The van der Waals surface area contributed by atoms with Gasteiger partial charge in [-0.3, -0.25) is 14.7 Å². The van der Waals surface area contributed by atoms with Crippen molar-refractivity contribution in [3.05, 3.63) is 64.1 Å². The molecule has 224 valence electrons. The average Bonchev–Trinajstić information content (AvgIpc) is 3.49. The molecule has 42 heavy (non-hydrogen) atoms. The summed E-state index contributed by atoms with van der Waals surface area (Å²) in [6.45, 7) is 5.48. The Labute approximate surface area is 247 Å². The summed E-state index contributed by atoms with van der Waals surface area (Å²) in [4.78, 5) is 52.7. The first-order valence-corrected chi connectivity index (χ1v) is 13.9. The molecule has 3 aliphatic rings. The van der Waals surface area contributed by atoms with Crippen molar-refractivity contribution in [3.8, 4) is 0 Å². The predicted octanol–water partition coefficient (Wildman–Crippen LogP) is 2.26.